The van der Waals surface area contributed by atoms with Crippen LogP contribution in [0.25, 0.3) is 0 Å². The van der Waals surface area contributed by atoms with Gasteiger partial charge in [0.2, 0.25) is 0 Å². The molecule has 0 heterocycles. The van der Waals surface area contributed by atoms with Crippen molar-refractivity contribution in [3.63, 3.8) is 0 Å². The van der Waals surface area contributed by atoms with Gasteiger partial charge >= 0.3 is 0 Å². The van der Waals surface area contributed by atoms with Crippen LogP contribution in [-0.4, -0.2) is 41.1 Å². The predicted molar refractivity (Wildman–Crippen MR) is 34.1 cm³/mol. The second kappa shape index (κ2) is 5.20. The first kappa shape index (κ1) is 10.9. The molecule has 0 amide bonds. The number of rotatable bonds is 1. The SMILES string of the molecule is C[C@H](N)C(=O)P.[Na]. The van der Waals surface area contributed by atoms with Crippen LogP contribution in [0.4, 0.5) is 0 Å². The van der Waals surface area contributed by atoms with E-state index < -0.39 is 0 Å². The van der Waals surface area contributed by atoms with Gasteiger partial charge in [-0.25, -0.2) is 0 Å². The van der Waals surface area contributed by atoms with Gasteiger partial charge in [-0.3, -0.25) is 4.79 Å². The van der Waals surface area contributed by atoms with Gasteiger partial charge in [0.05, 0.1) is 6.04 Å². The van der Waals surface area contributed by atoms with Crippen LogP contribution >= 0.6 is 9.24 Å². The average Bonchev–Trinajstić information content (AvgIpc) is 1.36. The summed E-state index contributed by atoms with van der Waals surface area (Å²) in [4.78, 5) is 9.98. The Morgan fingerprint density at radius 3 is 2.00 bits per heavy atom. The molecule has 0 aromatic heterocycles. The molecule has 0 bridgehead atoms. The van der Waals surface area contributed by atoms with Crippen LogP contribution in [0.5, 0.6) is 0 Å². The van der Waals surface area contributed by atoms with E-state index in [1.807, 2.05) is 9.24 Å². The molecule has 0 aromatic rings. The van der Waals surface area contributed by atoms with Crippen LogP contribution in [0, 0.1) is 0 Å². The van der Waals surface area contributed by atoms with Crippen molar-refractivity contribution in [2.45, 2.75) is 13.0 Å². The van der Waals surface area contributed by atoms with Crippen molar-refractivity contribution in [2.75, 3.05) is 0 Å². The van der Waals surface area contributed by atoms with Crippen molar-refractivity contribution in [1.29, 1.82) is 0 Å². The Balaban J connectivity index is 0. The minimum absolute atomic E-state index is 0. The molecule has 0 spiro atoms. The average molecular weight is 128 g/mol. The van der Waals surface area contributed by atoms with Crippen molar-refractivity contribution in [1.82, 2.24) is 0 Å². The molecule has 0 rings (SSSR count). The molecule has 0 fully saturated rings. The second-order valence-corrected chi connectivity index (χ2v) is 1.76. The van der Waals surface area contributed by atoms with Gasteiger partial charge in [-0.05, 0) is 6.92 Å². The van der Waals surface area contributed by atoms with Crippen molar-refractivity contribution < 1.29 is 4.79 Å². The number of hydrogen-bond donors (Lipinski definition) is 1. The predicted octanol–water partition coefficient (Wildman–Crippen LogP) is -0.645. The third-order valence-corrected chi connectivity index (χ3v) is 0.975. The van der Waals surface area contributed by atoms with Gasteiger partial charge in [0.25, 0.3) is 0 Å². The van der Waals surface area contributed by atoms with Gasteiger partial charge in [0.15, 0.2) is 5.52 Å². The van der Waals surface area contributed by atoms with Crippen LogP contribution in [0.2, 0.25) is 0 Å². The molecule has 37 valence electrons. The largest absolute Gasteiger partial charge is 0.321 e. The Hall–Kier alpha value is 1.06. The summed E-state index contributed by atoms with van der Waals surface area (Å²) in [6.07, 6.45) is 0. The molecule has 0 saturated carbocycles. The Labute approximate surface area is 67.7 Å². The summed E-state index contributed by atoms with van der Waals surface area (Å²) in [5.74, 6) is 0. The summed E-state index contributed by atoms with van der Waals surface area (Å²) in [6, 6.07) is -0.324. The van der Waals surface area contributed by atoms with E-state index in [-0.39, 0.29) is 41.1 Å². The van der Waals surface area contributed by atoms with Gasteiger partial charge in [-0.2, -0.15) is 0 Å². The van der Waals surface area contributed by atoms with E-state index in [0.29, 0.717) is 0 Å². The Kier molecular flexibility index (Phi) is 8.13. The molecule has 0 aliphatic rings. The van der Waals surface area contributed by atoms with Crippen LogP contribution in [0.3, 0.4) is 0 Å². The van der Waals surface area contributed by atoms with Crippen LogP contribution < -0.4 is 5.73 Å². The summed E-state index contributed by atoms with van der Waals surface area (Å²) in [5, 5.41) is 0. The summed E-state index contributed by atoms with van der Waals surface area (Å²) < 4.78 is 0. The van der Waals surface area contributed by atoms with Gasteiger partial charge < -0.3 is 5.73 Å². The van der Waals surface area contributed by atoms with Gasteiger partial charge in [-0.1, -0.05) is 9.24 Å². The van der Waals surface area contributed by atoms with E-state index in [4.69, 9.17) is 5.73 Å². The van der Waals surface area contributed by atoms with Gasteiger partial charge in [0.1, 0.15) is 0 Å². The maximum absolute atomic E-state index is 9.98. The molecule has 1 unspecified atom stereocenters. The first-order valence-electron chi connectivity index (χ1n) is 1.69. The van der Waals surface area contributed by atoms with Gasteiger partial charge in [0, 0.05) is 29.6 Å². The van der Waals surface area contributed by atoms with E-state index in [2.05, 4.69) is 0 Å². The molecule has 0 aromatic carbocycles. The first-order chi connectivity index (χ1) is 2.64. The molecule has 7 heavy (non-hydrogen) atoms. The molecule has 2 atom stereocenters. The summed E-state index contributed by atoms with van der Waals surface area (Å²) in [7, 11) is 2.01. The fourth-order valence-corrected chi connectivity index (χ4v) is 0. The zero-order valence-electron chi connectivity index (χ0n) is 4.64. The molecule has 1 radical (unpaired) electrons. The first-order valence-corrected chi connectivity index (χ1v) is 2.27. The minimum atomic E-state index is -0.324. The smallest absolute Gasteiger partial charge is 0.164 e. The monoisotopic (exact) mass is 128 g/mol. The molecule has 0 aliphatic heterocycles. The molecule has 2 nitrogen and oxygen atoms in total. The molecule has 0 aliphatic carbocycles. The molecular weight excluding hydrogens is 120 g/mol. The summed E-state index contributed by atoms with van der Waals surface area (Å²) in [6.45, 7) is 1.65. The zero-order chi connectivity index (χ0) is 5.15. The number of carbonyl (C=O) groups is 1. The van der Waals surface area contributed by atoms with E-state index >= 15 is 0 Å². The number of nitrogens with two attached hydrogens (primary N) is 1. The van der Waals surface area contributed by atoms with E-state index in [0.717, 1.165) is 0 Å². The standard InChI is InChI=1S/C3H8NOP.Na/c1-2(4)3(5)6;/h2H,4,6H2,1H3;/t2-;/m0./s1. The number of hydrogen-bond acceptors (Lipinski definition) is 2. The van der Waals surface area contributed by atoms with Crippen molar-refractivity contribution in [3.8, 4) is 0 Å². The Morgan fingerprint density at radius 1 is 1.86 bits per heavy atom. The van der Waals surface area contributed by atoms with Crippen molar-refractivity contribution in [3.05, 3.63) is 0 Å². The van der Waals surface area contributed by atoms with E-state index in [1.165, 1.54) is 0 Å². The molecule has 4 heteroatoms. The minimum Gasteiger partial charge on any atom is -0.321 e. The van der Waals surface area contributed by atoms with Crippen LogP contribution in [0.1, 0.15) is 6.92 Å². The molecule has 0 saturated heterocycles. The maximum Gasteiger partial charge on any atom is 0.164 e. The molecular formula is C3H8NNaOP. The third kappa shape index (κ3) is 7.06. The fraction of sp³-hybridized carbons (Fsp3) is 0.667. The van der Waals surface area contributed by atoms with Crippen LogP contribution in [-0.2, 0) is 4.79 Å². The Bertz CT molecular complexity index is 66.0. The normalized spacial score (nSPS) is 11.9. The Morgan fingerprint density at radius 2 is 2.00 bits per heavy atom. The quantitative estimate of drug-likeness (QED) is 0.377. The van der Waals surface area contributed by atoms with Gasteiger partial charge in [-0.15, -0.1) is 0 Å². The maximum atomic E-state index is 9.98. The number of carbonyl (C=O) groups excluding carboxylic acids is 1. The van der Waals surface area contributed by atoms with Crippen LogP contribution in [0.15, 0.2) is 0 Å². The van der Waals surface area contributed by atoms with Crippen molar-refractivity contribution >= 4 is 44.3 Å². The van der Waals surface area contributed by atoms with Crippen molar-refractivity contribution in [2.24, 2.45) is 5.73 Å². The topological polar surface area (TPSA) is 43.1 Å². The second-order valence-electron chi connectivity index (χ2n) is 1.19. The summed E-state index contributed by atoms with van der Waals surface area (Å²) >= 11 is 0. The molecule has 2 N–H and O–H groups in total. The zero-order valence-corrected chi connectivity index (χ0v) is 7.79. The van der Waals surface area contributed by atoms with E-state index in [9.17, 15) is 4.79 Å². The summed E-state index contributed by atoms with van der Waals surface area (Å²) in [5.41, 5.74) is 5.02. The fourth-order valence-electron chi connectivity index (χ4n) is 0. The third-order valence-electron chi connectivity index (χ3n) is 0.449. The van der Waals surface area contributed by atoms with E-state index in [1.54, 1.807) is 6.92 Å².